The molecule has 0 saturated carbocycles. The maximum Gasteiger partial charge on any atom is 0.313 e. The van der Waals surface area contributed by atoms with Crippen LogP contribution in [0.1, 0.15) is 5.56 Å². The van der Waals surface area contributed by atoms with Crippen LogP contribution in [0.4, 0.5) is 5.69 Å². The number of hydrogen-bond donors (Lipinski definition) is 2. The van der Waals surface area contributed by atoms with Crippen LogP contribution in [-0.4, -0.2) is 23.8 Å². The summed E-state index contributed by atoms with van der Waals surface area (Å²) in [6.07, 6.45) is 0. The minimum atomic E-state index is -0.685. The molecular weight excluding hydrogens is 310 g/mol. The Morgan fingerprint density at radius 1 is 1.04 bits per heavy atom. The number of aryl methyl sites for hydroxylation is 1. The van der Waals surface area contributed by atoms with Crippen molar-refractivity contribution in [2.45, 2.75) is 6.92 Å². The number of amides is 2. The standard InChI is InChI=1S/C17H15N3O2S/c1-10-3-8-13-14(9-10)23-17(20-13)11-4-6-12(7-5-11)19-16(22)15(21)18-2/h3-9H,1-2H3,(H,18,21)(H,19,22). The third-order valence-corrected chi connectivity index (χ3v) is 4.43. The quantitative estimate of drug-likeness (QED) is 0.712. The van der Waals surface area contributed by atoms with Gasteiger partial charge >= 0.3 is 11.8 Å². The highest BCUT2D eigenvalue weighted by atomic mass is 32.1. The molecule has 0 bridgehead atoms. The van der Waals surface area contributed by atoms with Crippen LogP contribution >= 0.6 is 11.3 Å². The van der Waals surface area contributed by atoms with E-state index in [9.17, 15) is 9.59 Å². The first-order valence-electron chi connectivity index (χ1n) is 7.07. The summed E-state index contributed by atoms with van der Waals surface area (Å²) in [6, 6.07) is 13.5. The number of nitrogens with one attached hydrogen (secondary N) is 2. The van der Waals surface area contributed by atoms with E-state index < -0.39 is 11.8 Å². The molecular formula is C17H15N3O2S. The molecule has 0 unspecified atom stereocenters. The largest absolute Gasteiger partial charge is 0.351 e. The molecule has 2 amide bonds. The van der Waals surface area contributed by atoms with Crippen LogP contribution in [0.15, 0.2) is 42.5 Å². The number of nitrogens with zero attached hydrogens (tertiary/aromatic N) is 1. The fourth-order valence-corrected chi connectivity index (χ4v) is 3.22. The van der Waals surface area contributed by atoms with E-state index in [1.54, 1.807) is 23.5 Å². The second kappa shape index (κ2) is 6.18. The molecule has 23 heavy (non-hydrogen) atoms. The van der Waals surface area contributed by atoms with Gasteiger partial charge in [0.25, 0.3) is 0 Å². The Morgan fingerprint density at radius 3 is 2.48 bits per heavy atom. The molecule has 2 aromatic carbocycles. The molecule has 0 aliphatic carbocycles. The van der Waals surface area contributed by atoms with Gasteiger partial charge in [-0.05, 0) is 48.9 Å². The fraction of sp³-hybridized carbons (Fsp3) is 0.118. The van der Waals surface area contributed by atoms with Crippen LogP contribution in [0.5, 0.6) is 0 Å². The van der Waals surface area contributed by atoms with E-state index in [-0.39, 0.29) is 0 Å². The number of thiazole rings is 1. The van der Waals surface area contributed by atoms with E-state index in [4.69, 9.17) is 0 Å². The number of aromatic nitrogens is 1. The van der Waals surface area contributed by atoms with Gasteiger partial charge in [-0.15, -0.1) is 11.3 Å². The molecule has 0 fully saturated rings. The Balaban J connectivity index is 1.83. The van der Waals surface area contributed by atoms with Crippen molar-refractivity contribution in [1.29, 1.82) is 0 Å². The van der Waals surface area contributed by atoms with E-state index in [0.29, 0.717) is 5.69 Å². The van der Waals surface area contributed by atoms with Crippen molar-refractivity contribution >= 4 is 39.1 Å². The first kappa shape index (κ1) is 15.2. The van der Waals surface area contributed by atoms with Gasteiger partial charge in [0, 0.05) is 18.3 Å². The predicted molar refractivity (Wildman–Crippen MR) is 92.5 cm³/mol. The maximum absolute atomic E-state index is 11.5. The molecule has 116 valence electrons. The second-order valence-electron chi connectivity index (χ2n) is 5.10. The van der Waals surface area contributed by atoms with Crippen molar-refractivity contribution in [3.8, 4) is 10.6 Å². The lowest BCUT2D eigenvalue weighted by Crippen LogP contribution is -2.32. The first-order chi connectivity index (χ1) is 11.1. The van der Waals surface area contributed by atoms with Gasteiger partial charge in [0.2, 0.25) is 0 Å². The van der Waals surface area contributed by atoms with Crippen LogP contribution in [0.25, 0.3) is 20.8 Å². The third-order valence-electron chi connectivity index (χ3n) is 3.37. The Labute approximate surface area is 137 Å². The molecule has 1 heterocycles. The predicted octanol–water partition coefficient (Wildman–Crippen LogP) is 2.96. The fourth-order valence-electron chi connectivity index (χ4n) is 2.15. The SMILES string of the molecule is CNC(=O)C(=O)Nc1ccc(-c2nc3ccc(C)cc3s2)cc1. The van der Waals surface area contributed by atoms with Crippen LogP contribution < -0.4 is 10.6 Å². The van der Waals surface area contributed by atoms with Crippen LogP contribution in [0.3, 0.4) is 0 Å². The average molecular weight is 325 g/mol. The van der Waals surface area contributed by atoms with Gasteiger partial charge < -0.3 is 10.6 Å². The van der Waals surface area contributed by atoms with Gasteiger partial charge in [-0.25, -0.2) is 4.98 Å². The molecule has 3 aromatic rings. The number of anilines is 1. The molecule has 1 aromatic heterocycles. The summed E-state index contributed by atoms with van der Waals surface area (Å²) < 4.78 is 1.15. The highest BCUT2D eigenvalue weighted by molar-refractivity contribution is 7.21. The van der Waals surface area contributed by atoms with E-state index in [1.807, 2.05) is 24.3 Å². The van der Waals surface area contributed by atoms with Crippen LogP contribution in [0.2, 0.25) is 0 Å². The zero-order chi connectivity index (χ0) is 16.4. The van der Waals surface area contributed by atoms with E-state index >= 15 is 0 Å². The molecule has 5 nitrogen and oxygen atoms in total. The molecule has 0 atom stereocenters. The molecule has 0 spiro atoms. The third kappa shape index (κ3) is 3.22. The molecule has 3 rings (SSSR count). The molecule has 0 radical (unpaired) electrons. The summed E-state index contributed by atoms with van der Waals surface area (Å²) in [5, 5.41) is 5.75. The van der Waals surface area contributed by atoms with Crippen LogP contribution in [0, 0.1) is 6.92 Å². The number of rotatable bonds is 2. The first-order valence-corrected chi connectivity index (χ1v) is 7.89. The van der Waals surface area contributed by atoms with Gasteiger partial charge in [0.1, 0.15) is 5.01 Å². The zero-order valence-electron chi connectivity index (χ0n) is 12.7. The molecule has 0 aliphatic rings. The van der Waals surface area contributed by atoms with Gasteiger partial charge in [0.05, 0.1) is 10.2 Å². The van der Waals surface area contributed by atoms with Gasteiger partial charge in [-0.1, -0.05) is 6.07 Å². The lowest BCUT2D eigenvalue weighted by molar-refractivity contribution is -0.135. The van der Waals surface area contributed by atoms with Crippen molar-refractivity contribution < 1.29 is 9.59 Å². The average Bonchev–Trinajstić information content (AvgIpc) is 2.97. The number of hydrogen-bond acceptors (Lipinski definition) is 4. The summed E-state index contributed by atoms with van der Waals surface area (Å²) in [7, 11) is 1.42. The second-order valence-corrected chi connectivity index (χ2v) is 6.13. The maximum atomic E-state index is 11.5. The number of benzene rings is 2. The summed E-state index contributed by atoms with van der Waals surface area (Å²) >= 11 is 1.63. The Kier molecular flexibility index (Phi) is 4.08. The summed E-state index contributed by atoms with van der Waals surface area (Å²) in [6.45, 7) is 2.06. The zero-order valence-corrected chi connectivity index (χ0v) is 13.5. The Morgan fingerprint density at radius 2 is 1.78 bits per heavy atom. The lowest BCUT2D eigenvalue weighted by atomic mass is 10.2. The van der Waals surface area contributed by atoms with Crippen molar-refractivity contribution in [3.63, 3.8) is 0 Å². The van der Waals surface area contributed by atoms with Gasteiger partial charge in [0.15, 0.2) is 0 Å². The minimum absolute atomic E-state index is 0.569. The van der Waals surface area contributed by atoms with Crippen molar-refractivity contribution in [1.82, 2.24) is 10.3 Å². The van der Waals surface area contributed by atoms with Gasteiger partial charge in [-0.2, -0.15) is 0 Å². The lowest BCUT2D eigenvalue weighted by Gasteiger charge is -2.04. The monoisotopic (exact) mass is 325 g/mol. The molecule has 6 heteroatoms. The number of likely N-dealkylation sites (N-methyl/N-ethyl adjacent to an activating group) is 1. The Bertz CT molecular complexity index is 884. The summed E-state index contributed by atoms with van der Waals surface area (Å²) in [4.78, 5) is 27.3. The normalized spacial score (nSPS) is 10.5. The number of carbonyl (C=O) groups is 2. The number of fused-ring (bicyclic) bond motifs is 1. The molecule has 0 saturated heterocycles. The number of carbonyl (C=O) groups excluding carboxylic acids is 2. The van der Waals surface area contributed by atoms with Crippen molar-refractivity contribution in [2.24, 2.45) is 0 Å². The Hall–Kier alpha value is -2.73. The molecule has 0 aliphatic heterocycles. The van der Waals surface area contributed by atoms with Crippen LogP contribution in [-0.2, 0) is 9.59 Å². The van der Waals surface area contributed by atoms with E-state index in [1.165, 1.54) is 12.6 Å². The van der Waals surface area contributed by atoms with Crippen molar-refractivity contribution in [3.05, 3.63) is 48.0 Å². The highest BCUT2D eigenvalue weighted by Gasteiger charge is 2.11. The van der Waals surface area contributed by atoms with Crippen molar-refractivity contribution in [2.75, 3.05) is 12.4 Å². The summed E-state index contributed by atoms with van der Waals surface area (Å²) in [5.74, 6) is -1.36. The molecule has 2 N–H and O–H groups in total. The minimum Gasteiger partial charge on any atom is -0.351 e. The van der Waals surface area contributed by atoms with E-state index in [0.717, 1.165) is 20.8 Å². The summed E-state index contributed by atoms with van der Waals surface area (Å²) in [5.41, 5.74) is 3.73. The van der Waals surface area contributed by atoms with Gasteiger partial charge in [-0.3, -0.25) is 9.59 Å². The van der Waals surface area contributed by atoms with E-state index in [2.05, 4.69) is 28.6 Å². The topological polar surface area (TPSA) is 71.1 Å². The highest BCUT2D eigenvalue weighted by Crippen LogP contribution is 2.31. The smallest absolute Gasteiger partial charge is 0.313 e.